The van der Waals surface area contributed by atoms with Crippen LogP contribution in [0.5, 0.6) is 0 Å². The van der Waals surface area contributed by atoms with E-state index < -0.39 is 43.3 Å². The van der Waals surface area contributed by atoms with E-state index in [1.807, 2.05) is 0 Å². The molecule has 4 rings (SSSR count). The van der Waals surface area contributed by atoms with Gasteiger partial charge in [-0.1, -0.05) is 5.92 Å². The molecule has 4 heterocycles. The number of halogens is 2. The third-order valence-electron chi connectivity index (χ3n) is 4.89. The van der Waals surface area contributed by atoms with Crippen molar-refractivity contribution in [3.05, 3.63) is 12.2 Å². The SMILES string of the molecule is CC#Cc1nc(NCC(F)F)c2ncn([C@@H]3O[C@H](C(=O)NC)[C@H]4OC(C)(C)O[C@H]43)c2n1. The molecule has 0 aromatic carbocycles. The maximum Gasteiger partial charge on any atom is 0.255 e. The van der Waals surface area contributed by atoms with Crippen LogP contribution in [0.4, 0.5) is 14.6 Å². The first kappa shape index (κ1) is 21.4. The predicted molar refractivity (Wildman–Crippen MR) is 104 cm³/mol. The van der Waals surface area contributed by atoms with Gasteiger partial charge in [0.15, 0.2) is 35.1 Å². The van der Waals surface area contributed by atoms with Gasteiger partial charge in [0.2, 0.25) is 5.82 Å². The standard InChI is InChI=1S/C19H22F2N6O4/c1-5-6-10-25-15(23-7-9(20)21)11-16(26-10)27(8-24-11)18-14-12(30-19(2,3)31-14)13(29-18)17(28)22-4/h8-9,12-14,18H,7H2,1-4H3,(H,22,28)(H,23,25,26)/t12-,13+,14-,18-/m1/s1. The highest BCUT2D eigenvalue weighted by Gasteiger charge is 2.58. The number of likely N-dealkylation sites (N-methyl/N-ethyl adjacent to an activating group) is 1. The number of rotatable bonds is 5. The van der Waals surface area contributed by atoms with Crippen molar-refractivity contribution in [1.82, 2.24) is 24.8 Å². The van der Waals surface area contributed by atoms with Crippen LogP contribution in [0, 0.1) is 11.8 Å². The van der Waals surface area contributed by atoms with Crippen LogP contribution in [-0.2, 0) is 19.0 Å². The maximum atomic E-state index is 12.7. The zero-order chi connectivity index (χ0) is 22.3. The monoisotopic (exact) mass is 436 g/mol. The van der Waals surface area contributed by atoms with E-state index in [-0.39, 0.29) is 23.1 Å². The first-order chi connectivity index (χ1) is 14.7. The second-order valence-electron chi connectivity index (χ2n) is 7.49. The fourth-order valence-electron chi connectivity index (χ4n) is 3.72. The van der Waals surface area contributed by atoms with E-state index in [1.165, 1.54) is 13.4 Å². The van der Waals surface area contributed by atoms with Crippen LogP contribution in [0.15, 0.2) is 6.33 Å². The highest BCUT2D eigenvalue weighted by Crippen LogP contribution is 2.44. The minimum absolute atomic E-state index is 0.128. The van der Waals surface area contributed by atoms with Gasteiger partial charge in [-0.15, -0.1) is 0 Å². The fourth-order valence-corrected chi connectivity index (χ4v) is 3.72. The molecule has 31 heavy (non-hydrogen) atoms. The lowest BCUT2D eigenvalue weighted by atomic mass is 10.1. The second-order valence-corrected chi connectivity index (χ2v) is 7.49. The average molecular weight is 436 g/mol. The van der Waals surface area contributed by atoms with Gasteiger partial charge in [-0.2, -0.15) is 0 Å². The maximum absolute atomic E-state index is 12.7. The number of nitrogens with zero attached hydrogens (tertiary/aromatic N) is 4. The van der Waals surface area contributed by atoms with Gasteiger partial charge in [-0.05, 0) is 26.7 Å². The molecule has 0 spiro atoms. The molecule has 2 saturated heterocycles. The van der Waals surface area contributed by atoms with Crippen molar-refractivity contribution in [1.29, 1.82) is 0 Å². The molecule has 0 radical (unpaired) electrons. The molecule has 0 aliphatic carbocycles. The predicted octanol–water partition coefficient (Wildman–Crippen LogP) is 1.04. The largest absolute Gasteiger partial charge is 0.362 e. The average Bonchev–Trinajstić information content (AvgIpc) is 3.36. The topological polar surface area (TPSA) is 112 Å². The summed E-state index contributed by atoms with van der Waals surface area (Å²) < 4.78 is 45.0. The number of nitrogens with one attached hydrogen (secondary N) is 2. The Morgan fingerprint density at radius 1 is 1.32 bits per heavy atom. The van der Waals surface area contributed by atoms with Crippen LogP contribution < -0.4 is 10.6 Å². The summed E-state index contributed by atoms with van der Waals surface area (Å²) in [5, 5.41) is 5.14. The summed E-state index contributed by atoms with van der Waals surface area (Å²) in [6.45, 7) is 4.51. The number of carbonyl (C=O) groups excluding carboxylic acids is 1. The molecule has 166 valence electrons. The Morgan fingerprint density at radius 2 is 2.06 bits per heavy atom. The number of alkyl halides is 2. The van der Waals surface area contributed by atoms with Gasteiger partial charge in [0.05, 0.1) is 12.9 Å². The normalized spacial score (nSPS) is 26.5. The van der Waals surface area contributed by atoms with Crippen LogP contribution >= 0.6 is 0 Å². The summed E-state index contributed by atoms with van der Waals surface area (Å²) in [6, 6.07) is 0. The number of carbonyl (C=O) groups is 1. The summed E-state index contributed by atoms with van der Waals surface area (Å²) in [5.41, 5.74) is 0.572. The van der Waals surface area contributed by atoms with Crippen molar-refractivity contribution in [2.75, 3.05) is 18.9 Å². The van der Waals surface area contributed by atoms with Crippen molar-refractivity contribution in [3.8, 4) is 11.8 Å². The summed E-state index contributed by atoms with van der Waals surface area (Å²) in [6.07, 6.45) is -4.11. The number of aromatic nitrogens is 4. The number of amides is 1. The summed E-state index contributed by atoms with van der Waals surface area (Å²) in [5.74, 6) is 4.41. The van der Waals surface area contributed by atoms with Crippen LogP contribution in [-0.4, -0.2) is 69.5 Å². The molecule has 12 heteroatoms. The molecule has 2 aromatic heterocycles. The molecule has 1 amide bonds. The fraction of sp³-hybridized carbons (Fsp3) is 0.579. The number of anilines is 1. The van der Waals surface area contributed by atoms with E-state index in [2.05, 4.69) is 37.4 Å². The number of hydrogen-bond donors (Lipinski definition) is 2. The Hall–Kier alpha value is -2.88. The van der Waals surface area contributed by atoms with E-state index in [0.717, 1.165) is 0 Å². The highest BCUT2D eigenvalue weighted by atomic mass is 19.3. The molecule has 2 aliphatic rings. The molecule has 4 atom stereocenters. The van der Waals surface area contributed by atoms with E-state index in [4.69, 9.17) is 14.2 Å². The first-order valence-corrected chi connectivity index (χ1v) is 9.66. The van der Waals surface area contributed by atoms with Crippen molar-refractivity contribution in [2.24, 2.45) is 0 Å². The molecular formula is C19H22F2N6O4. The van der Waals surface area contributed by atoms with Crippen molar-refractivity contribution in [3.63, 3.8) is 0 Å². The number of imidazole rings is 1. The lowest BCUT2D eigenvalue weighted by Crippen LogP contribution is -2.41. The molecule has 0 bridgehead atoms. The molecule has 10 nitrogen and oxygen atoms in total. The number of fused-ring (bicyclic) bond motifs is 2. The Morgan fingerprint density at radius 3 is 2.74 bits per heavy atom. The number of hydrogen-bond acceptors (Lipinski definition) is 8. The van der Waals surface area contributed by atoms with Gasteiger partial charge >= 0.3 is 0 Å². The molecule has 0 saturated carbocycles. The Labute approximate surface area is 176 Å². The van der Waals surface area contributed by atoms with Crippen LogP contribution in [0.1, 0.15) is 32.8 Å². The van der Waals surface area contributed by atoms with Crippen molar-refractivity contribution in [2.45, 2.75) is 57.5 Å². The summed E-state index contributed by atoms with van der Waals surface area (Å²) in [7, 11) is 1.51. The minimum Gasteiger partial charge on any atom is -0.362 e. The third kappa shape index (κ3) is 3.91. The quantitative estimate of drug-likeness (QED) is 0.669. The van der Waals surface area contributed by atoms with Crippen molar-refractivity contribution >= 4 is 22.9 Å². The zero-order valence-corrected chi connectivity index (χ0v) is 17.3. The van der Waals surface area contributed by atoms with Crippen LogP contribution in [0.2, 0.25) is 0 Å². The Bertz CT molecular complexity index is 1060. The minimum atomic E-state index is -2.58. The zero-order valence-electron chi connectivity index (χ0n) is 17.3. The Balaban J connectivity index is 1.78. The van der Waals surface area contributed by atoms with Gasteiger partial charge in [0.25, 0.3) is 12.3 Å². The van der Waals surface area contributed by atoms with Gasteiger partial charge in [-0.25, -0.2) is 23.7 Å². The van der Waals surface area contributed by atoms with Gasteiger partial charge in [-0.3, -0.25) is 9.36 Å². The smallest absolute Gasteiger partial charge is 0.255 e. The van der Waals surface area contributed by atoms with Crippen LogP contribution in [0.25, 0.3) is 11.2 Å². The van der Waals surface area contributed by atoms with Gasteiger partial charge < -0.3 is 24.8 Å². The highest BCUT2D eigenvalue weighted by molar-refractivity contribution is 5.84. The first-order valence-electron chi connectivity index (χ1n) is 9.66. The van der Waals surface area contributed by atoms with E-state index in [0.29, 0.717) is 5.65 Å². The molecular weight excluding hydrogens is 414 g/mol. The summed E-state index contributed by atoms with van der Waals surface area (Å²) >= 11 is 0. The lowest BCUT2D eigenvalue weighted by Gasteiger charge is -2.24. The summed E-state index contributed by atoms with van der Waals surface area (Å²) in [4.78, 5) is 25.2. The van der Waals surface area contributed by atoms with Crippen molar-refractivity contribution < 1.29 is 27.8 Å². The third-order valence-corrected chi connectivity index (χ3v) is 4.89. The molecule has 2 aliphatic heterocycles. The van der Waals surface area contributed by atoms with Crippen LogP contribution in [0.3, 0.4) is 0 Å². The number of ether oxygens (including phenoxy) is 3. The Kier molecular flexibility index (Phi) is 5.50. The van der Waals surface area contributed by atoms with Gasteiger partial charge in [0.1, 0.15) is 12.2 Å². The second kappa shape index (κ2) is 7.99. The molecule has 0 unspecified atom stereocenters. The van der Waals surface area contributed by atoms with E-state index >= 15 is 0 Å². The molecule has 2 fully saturated rings. The van der Waals surface area contributed by atoms with E-state index in [9.17, 15) is 13.6 Å². The lowest BCUT2D eigenvalue weighted by molar-refractivity contribution is -0.197. The van der Waals surface area contributed by atoms with E-state index in [1.54, 1.807) is 25.3 Å². The molecule has 2 N–H and O–H groups in total. The van der Waals surface area contributed by atoms with Gasteiger partial charge in [0, 0.05) is 7.05 Å². The molecule has 2 aromatic rings.